The van der Waals surface area contributed by atoms with Crippen molar-refractivity contribution in [1.82, 2.24) is 15.0 Å². The Morgan fingerprint density at radius 2 is 1.93 bits per heavy atom. The molecule has 10 heteroatoms. The van der Waals surface area contributed by atoms with E-state index in [1.807, 2.05) is 0 Å². The lowest BCUT2D eigenvalue weighted by molar-refractivity contribution is -0.137. The molecular formula is C17H15F6N3S. The fraction of sp³-hybridized carbons (Fsp3) is 0.294. The summed E-state index contributed by atoms with van der Waals surface area (Å²) >= 11 is 1.12. The number of nitrogens with one attached hydrogen (secondary N) is 1. The zero-order chi connectivity index (χ0) is 20.4. The van der Waals surface area contributed by atoms with Gasteiger partial charge in [-0.05, 0) is 24.8 Å². The van der Waals surface area contributed by atoms with E-state index < -0.39 is 23.5 Å². The fourth-order valence-electron chi connectivity index (χ4n) is 2.15. The lowest BCUT2D eigenvalue weighted by Crippen LogP contribution is -2.10. The fourth-order valence-corrected chi connectivity index (χ4v) is 2.94. The first-order chi connectivity index (χ1) is 12.5. The van der Waals surface area contributed by atoms with Crippen LogP contribution in [0.5, 0.6) is 0 Å². The van der Waals surface area contributed by atoms with Gasteiger partial charge in [0, 0.05) is 16.7 Å². The van der Waals surface area contributed by atoms with Crippen molar-refractivity contribution < 1.29 is 26.3 Å². The number of hydrogen-bond donors (Lipinski definition) is 1. The Balaban J connectivity index is 2.46. The lowest BCUT2D eigenvalue weighted by atomic mass is 10.1. The third-order valence-corrected chi connectivity index (χ3v) is 4.44. The molecule has 0 aliphatic rings. The van der Waals surface area contributed by atoms with Gasteiger partial charge in [-0.1, -0.05) is 19.6 Å². The Morgan fingerprint density at radius 3 is 2.44 bits per heavy atom. The zero-order valence-corrected chi connectivity index (χ0v) is 15.1. The number of halogens is 6. The maximum Gasteiger partial charge on any atom is 0.417 e. The predicted molar refractivity (Wildman–Crippen MR) is 94.0 cm³/mol. The van der Waals surface area contributed by atoms with Crippen LogP contribution in [0.15, 0.2) is 41.5 Å². The zero-order valence-electron chi connectivity index (χ0n) is 14.3. The first kappa shape index (κ1) is 21.1. The molecule has 0 radical (unpaired) electrons. The van der Waals surface area contributed by atoms with Crippen molar-refractivity contribution >= 4 is 28.5 Å². The average Bonchev–Trinajstić information content (AvgIpc) is 2.99. The summed E-state index contributed by atoms with van der Waals surface area (Å²) in [4.78, 5) is 10.6. The summed E-state index contributed by atoms with van der Waals surface area (Å²) in [5.74, 6) is 0.526. The van der Waals surface area contributed by atoms with Gasteiger partial charge in [-0.15, -0.1) is 11.8 Å². The molecule has 0 saturated heterocycles. The number of fused-ring (bicyclic) bond motifs is 1. The second-order valence-electron chi connectivity index (χ2n) is 5.34. The van der Waals surface area contributed by atoms with Crippen LogP contribution in [-0.2, 0) is 6.18 Å². The molecule has 27 heavy (non-hydrogen) atoms. The molecule has 0 fully saturated rings. The van der Waals surface area contributed by atoms with Crippen molar-refractivity contribution in [1.29, 1.82) is 0 Å². The van der Waals surface area contributed by atoms with Crippen molar-refractivity contribution in [2.75, 3.05) is 5.75 Å². The highest BCUT2D eigenvalue weighted by Gasteiger charge is 2.33. The highest BCUT2D eigenvalue weighted by Crippen LogP contribution is 2.36. The van der Waals surface area contributed by atoms with Gasteiger partial charge in [-0.3, -0.25) is 0 Å². The van der Waals surface area contributed by atoms with Crippen LogP contribution in [-0.4, -0.2) is 26.9 Å². The van der Waals surface area contributed by atoms with Gasteiger partial charge in [0.05, 0.1) is 11.1 Å². The molecule has 0 amide bonds. The van der Waals surface area contributed by atoms with E-state index in [1.54, 1.807) is 6.92 Å². The molecule has 0 bridgehead atoms. The Hall–Kier alpha value is -2.23. The number of hydrogen-bond acceptors (Lipinski definition) is 3. The SMILES string of the molecule is C=C(/C(=C\C(=C/C)C(F)(F)F)SCC)c1nc2cc(C(F)(F)F)cnc2[nH]1. The summed E-state index contributed by atoms with van der Waals surface area (Å²) in [5, 5.41) is 0. The largest absolute Gasteiger partial charge is 0.417 e. The molecule has 0 aromatic carbocycles. The number of aromatic nitrogens is 3. The number of thioether (sulfide) groups is 1. The average molecular weight is 407 g/mol. The number of nitrogens with zero attached hydrogens (tertiary/aromatic N) is 2. The molecule has 146 valence electrons. The van der Waals surface area contributed by atoms with Gasteiger partial charge in [-0.2, -0.15) is 26.3 Å². The van der Waals surface area contributed by atoms with E-state index in [-0.39, 0.29) is 27.5 Å². The summed E-state index contributed by atoms with van der Waals surface area (Å²) < 4.78 is 77.4. The number of H-pyrrole nitrogens is 1. The van der Waals surface area contributed by atoms with Gasteiger partial charge in [-0.25, -0.2) is 9.97 Å². The normalized spacial score (nSPS) is 14.1. The maximum absolute atomic E-state index is 13.0. The summed E-state index contributed by atoms with van der Waals surface area (Å²) in [5.41, 5.74) is -1.65. The van der Waals surface area contributed by atoms with E-state index in [4.69, 9.17) is 0 Å². The second kappa shape index (κ2) is 7.79. The number of rotatable bonds is 5. The van der Waals surface area contributed by atoms with Gasteiger partial charge in [0.1, 0.15) is 11.3 Å². The number of aromatic amines is 1. The van der Waals surface area contributed by atoms with Crippen LogP contribution in [0.3, 0.4) is 0 Å². The van der Waals surface area contributed by atoms with E-state index in [1.165, 1.54) is 6.92 Å². The summed E-state index contributed by atoms with van der Waals surface area (Å²) in [6.45, 7) is 6.77. The molecule has 3 nitrogen and oxygen atoms in total. The first-order valence-electron chi connectivity index (χ1n) is 7.68. The standard InChI is InChI=1S/C17H15F6N3S/c1-4-10(16(18,19)20)7-13(27-5-2)9(3)14-25-12-6-11(17(21,22)23)8-24-15(12)26-14/h4,6-8H,3,5H2,1-2H3,(H,24,25,26)/b10-4+,13-7+. The molecule has 2 aromatic rings. The number of alkyl halides is 6. The van der Waals surface area contributed by atoms with E-state index in [0.717, 1.165) is 30.0 Å². The van der Waals surface area contributed by atoms with Crippen LogP contribution >= 0.6 is 11.8 Å². The van der Waals surface area contributed by atoms with Crippen LogP contribution in [0.25, 0.3) is 16.7 Å². The maximum atomic E-state index is 13.0. The predicted octanol–water partition coefficient (Wildman–Crippen LogP) is 6.14. The van der Waals surface area contributed by atoms with Crippen molar-refractivity contribution in [3.05, 3.63) is 52.9 Å². The topological polar surface area (TPSA) is 41.6 Å². The molecule has 0 spiro atoms. The van der Waals surface area contributed by atoms with Gasteiger partial charge in [0.15, 0.2) is 5.65 Å². The molecular weight excluding hydrogens is 392 g/mol. The molecule has 0 unspecified atom stereocenters. The van der Waals surface area contributed by atoms with Gasteiger partial charge < -0.3 is 4.98 Å². The minimum Gasteiger partial charge on any atom is -0.323 e. The summed E-state index contributed by atoms with van der Waals surface area (Å²) in [6.07, 6.45) is -6.58. The first-order valence-corrected chi connectivity index (χ1v) is 8.66. The van der Waals surface area contributed by atoms with E-state index in [0.29, 0.717) is 11.9 Å². The molecule has 2 heterocycles. The molecule has 0 aliphatic carbocycles. The number of allylic oxidation sites excluding steroid dienone is 4. The summed E-state index contributed by atoms with van der Waals surface area (Å²) in [6, 6.07) is 0.819. The Morgan fingerprint density at radius 1 is 1.26 bits per heavy atom. The highest BCUT2D eigenvalue weighted by atomic mass is 32.2. The van der Waals surface area contributed by atoms with Gasteiger partial charge in [0.2, 0.25) is 0 Å². The van der Waals surface area contributed by atoms with Crippen LogP contribution < -0.4 is 0 Å². The van der Waals surface area contributed by atoms with Gasteiger partial charge >= 0.3 is 12.4 Å². The van der Waals surface area contributed by atoms with Crippen LogP contribution in [0.4, 0.5) is 26.3 Å². The molecule has 0 saturated carbocycles. The van der Waals surface area contributed by atoms with Crippen LogP contribution in [0.1, 0.15) is 25.2 Å². The van der Waals surface area contributed by atoms with Crippen molar-refractivity contribution in [3.8, 4) is 0 Å². The molecule has 1 N–H and O–H groups in total. The Bertz CT molecular complexity index is 906. The summed E-state index contributed by atoms with van der Waals surface area (Å²) in [7, 11) is 0. The third-order valence-electron chi connectivity index (χ3n) is 3.47. The Kier molecular flexibility index (Phi) is 6.08. The van der Waals surface area contributed by atoms with Gasteiger partial charge in [0.25, 0.3) is 0 Å². The van der Waals surface area contributed by atoms with Crippen molar-refractivity contribution in [2.45, 2.75) is 26.2 Å². The monoisotopic (exact) mass is 407 g/mol. The molecule has 0 atom stereocenters. The van der Waals surface area contributed by atoms with Crippen molar-refractivity contribution in [2.24, 2.45) is 0 Å². The highest BCUT2D eigenvalue weighted by molar-refractivity contribution is 8.03. The van der Waals surface area contributed by atoms with E-state index in [2.05, 4.69) is 21.5 Å². The van der Waals surface area contributed by atoms with Crippen LogP contribution in [0.2, 0.25) is 0 Å². The number of pyridine rings is 1. The lowest BCUT2D eigenvalue weighted by Gasteiger charge is -2.11. The molecule has 0 aliphatic heterocycles. The van der Waals surface area contributed by atoms with Crippen molar-refractivity contribution in [3.63, 3.8) is 0 Å². The molecule has 2 rings (SSSR count). The molecule has 2 aromatic heterocycles. The smallest absolute Gasteiger partial charge is 0.323 e. The quantitative estimate of drug-likeness (QED) is 0.478. The second-order valence-corrected chi connectivity index (χ2v) is 6.64. The van der Waals surface area contributed by atoms with E-state index >= 15 is 0 Å². The Labute approximate surface area is 155 Å². The minimum absolute atomic E-state index is 0.0519. The van der Waals surface area contributed by atoms with Crippen LogP contribution in [0, 0.1) is 0 Å². The minimum atomic E-state index is -4.58. The number of imidazole rings is 1. The third kappa shape index (κ3) is 4.94. The van der Waals surface area contributed by atoms with E-state index in [9.17, 15) is 26.3 Å².